The molecule has 0 spiro atoms. The molecular formula is C24H25N3O4. The molecule has 2 aromatic carbocycles. The first-order valence-corrected chi connectivity index (χ1v) is 10.3. The van der Waals surface area contributed by atoms with Crippen molar-refractivity contribution in [3.05, 3.63) is 75.6 Å². The maximum absolute atomic E-state index is 13.1. The third-order valence-corrected chi connectivity index (χ3v) is 5.73. The predicted molar refractivity (Wildman–Crippen MR) is 119 cm³/mol. The van der Waals surface area contributed by atoms with Crippen molar-refractivity contribution in [1.82, 2.24) is 9.47 Å². The van der Waals surface area contributed by atoms with Crippen molar-refractivity contribution in [2.45, 2.75) is 20.4 Å². The molecule has 1 aliphatic heterocycles. The molecule has 0 bridgehead atoms. The van der Waals surface area contributed by atoms with Crippen molar-refractivity contribution >= 4 is 28.4 Å². The van der Waals surface area contributed by atoms with E-state index in [1.54, 1.807) is 17.0 Å². The molecule has 1 saturated heterocycles. The van der Waals surface area contributed by atoms with Crippen LogP contribution in [-0.2, 0) is 16.1 Å². The minimum atomic E-state index is -0.383. The number of morpholine rings is 1. The second-order valence-corrected chi connectivity index (χ2v) is 7.70. The highest BCUT2D eigenvalue weighted by molar-refractivity contribution is 6.06. The number of ether oxygens (including phenoxy) is 1. The van der Waals surface area contributed by atoms with Gasteiger partial charge in [-0.2, -0.15) is 0 Å². The van der Waals surface area contributed by atoms with E-state index < -0.39 is 0 Å². The topological polar surface area (TPSA) is 80.6 Å². The summed E-state index contributed by atoms with van der Waals surface area (Å²) in [5.41, 5.74) is 3.32. The summed E-state index contributed by atoms with van der Waals surface area (Å²) in [5, 5.41) is 3.54. The number of carbonyl (C=O) groups excluding carboxylic acids is 2. The summed E-state index contributed by atoms with van der Waals surface area (Å²) < 4.78 is 6.73. The van der Waals surface area contributed by atoms with Crippen molar-refractivity contribution in [2.75, 3.05) is 31.6 Å². The van der Waals surface area contributed by atoms with E-state index in [9.17, 15) is 14.4 Å². The molecule has 0 radical (unpaired) electrons. The van der Waals surface area contributed by atoms with Crippen LogP contribution >= 0.6 is 0 Å². The molecule has 2 heterocycles. The Balaban J connectivity index is 1.67. The number of para-hydroxylation sites is 1. The van der Waals surface area contributed by atoms with Crippen LogP contribution in [0.25, 0.3) is 10.9 Å². The number of fused-ring (bicyclic) bond motifs is 1. The molecule has 160 valence electrons. The monoisotopic (exact) mass is 419 g/mol. The smallest absolute Gasteiger partial charge is 0.254 e. The van der Waals surface area contributed by atoms with Gasteiger partial charge in [0.1, 0.15) is 6.54 Å². The normalized spacial score (nSPS) is 13.9. The number of aryl methyl sites for hydroxylation is 1. The molecule has 0 unspecified atom stereocenters. The standard InChI is InChI=1S/C24H25N3O4/c1-16-6-5-8-20(17(16)2)25-22(28)15-27-21-9-4-3-7-18(21)19(14-23(27)29)24(30)26-10-12-31-13-11-26/h3-9,14H,10-13,15H2,1-2H3,(H,25,28). The van der Waals surface area contributed by atoms with Crippen LogP contribution in [0.4, 0.5) is 5.69 Å². The van der Waals surface area contributed by atoms with Gasteiger partial charge in [-0.15, -0.1) is 0 Å². The van der Waals surface area contributed by atoms with Crippen LogP contribution in [0.1, 0.15) is 21.5 Å². The number of amides is 2. The van der Waals surface area contributed by atoms with Gasteiger partial charge in [0.2, 0.25) is 5.91 Å². The molecule has 3 aromatic rings. The Hall–Kier alpha value is -3.45. The van der Waals surface area contributed by atoms with E-state index in [1.165, 1.54) is 10.6 Å². The molecule has 1 aromatic heterocycles. The zero-order valence-corrected chi connectivity index (χ0v) is 17.7. The lowest BCUT2D eigenvalue weighted by atomic mass is 10.1. The molecule has 31 heavy (non-hydrogen) atoms. The molecule has 0 saturated carbocycles. The van der Waals surface area contributed by atoms with Crippen molar-refractivity contribution in [2.24, 2.45) is 0 Å². The molecule has 1 N–H and O–H groups in total. The fourth-order valence-electron chi connectivity index (χ4n) is 3.83. The Morgan fingerprint density at radius 3 is 2.55 bits per heavy atom. The van der Waals surface area contributed by atoms with Crippen LogP contribution < -0.4 is 10.9 Å². The number of anilines is 1. The summed E-state index contributed by atoms with van der Waals surface area (Å²) in [6.07, 6.45) is 0. The summed E-state index contributed by atoms with van der Waals surface area (Å²) in [5.74, 6) is -0.489. The van der Waals surface area contributed by atoms with E-state index in [0.717, 1.165) is 16.8 Å². The van der Waals surface area contributed by atoms with Gasteiger partial charge in [-0.25, -0.2) is 0 Å². The first kappa shape index (κ1) is 20.8. The maximum Gasteiger partial charge on any atom is 0.254 e. The largest absolute Gasteiger partial charge is 0.378 e. The van der Waals surface area contributed by atoms with Crippen molar-refractivity contribution in [3.63, 3.8) is 0 Å². The second-order valence-electron chi connectivity index (χ2n) is 7.70. The lowest BCUT2D eigenvalue weighted by Crippen LogP contribution is -2.41. The quantitative estimate of drug-likeness (QED) is 0.705. The number of pyridine rings is 1. The van der Waals surface area contributed by atoms with Gasteiger partial charge in [-0.1, -0.05) is 30.3 Å². The fourth-order valence-corrected chi connectivity index (χ4v) is 3.83. The van der Waals surface area contributed by atoms with Crippen LogP contribution in [0.2, 0.25) is 0 Å². The molecule has 1 aliphatic rings. The van der Waals surface area contributed by atoms with Gasteiger partial charge in [0, 0.05) is 30.2 Å². The van der Waals surface area contributed by atoms with Gasteiger partial charge in [0.05, 0.1) is 24.3 Å². The minimum Gasteiger partial charge on any atom is -0.378 e. The van der Waals surface area contributed by atoms with E-state index in [-0.39, 0.29) is 23.9 Å². The van der Waals surface area contributed by atoms with Crippen molar-refractivity contribution in [1.29, 1.82) is 0 Å². The Kier molecular flexibility index (Phi) is 5.86. The van der Waals surface area contributed by atoms with E-state index in [1.807, 2.05) is 44.2 Å². The van der Waals surface area contributed by atoms with E-state index in [4.69, 9.17) is 4.74 Å². The summed E-state index contributed by atoms with van der Waals surface area (Å²) in [6.45, 7) is 5.74. The van der Waals surface area contributed by atoms with Crippen LogP contribution in [-0.4, -0.2) is 47.6 Å². The number of hydrogen-bond donors (Lipinski definition) is 1. The Bertz CT molecular complexity index is 1210. The number of hydrogen-bond acceptors (Lipinski definition) is 4. The van der Waals surface area contributed by atoms with E-state index in [0.29, 0.717) is 42.8 Å². The van der Waals surface area contributed by atoms with Crippen molar-refractivity contribution in [3.8, 4) is 0 Å². The average Bonchev–Trinajstić information content (AvgIpc) is 2.79. The van der Waals surface area contributed by atoms with Crippen LogP contribution in [0, 0.1) is 13.8 Å². The predicted octanol–water partition coefficient (Wildman–Crippen LogP) is 2.73. The Morgan fingerprint density at radius 2 is 1.77 bits per heavy atom. The molecule has 7 nitrogen and oxygen atoms in total. The minimum absolute atomic E-state index is 0.140. The molecule has 7 heteroatoms. The van der Waals surface area contributed by atoms with Crippen LogP contribution in [0.15, 0.2) is 53.3 Å². The first-order valence-electron chi connectivity index (χ1n) is 10.3. The van der Waals surface area contributed by atoms with Crippen LogP contribution in [0.3, 0.4) is 0 Å². The number of benzene rings is 2. The molecule has 2 amide bonds. The zero-order chi connectivity index (χ0) is 22.0. The highest BCUT2D eigenvalue weighted by Gasteiger charge is 2.22. The van der Waals surface area contributed by atoms with Crippen molar-refractivity contribution < 1.29 is 14.3 Å². The number of aromatic nitrogens is 1. The molecule has 1 fully saturated rings. The van der Waals surface area contributed by atoms with E-state index >= 15 is 0 Å². The Morgan fingerprint density at radius 1 is 1.03 bits per heavy atom. The summed E-state index contributed by atoms with van der Waals surface area (Å²) >= 11 is 0. The third-order valence-electron chi connectivity index (χ3n) is 5.73. The van der Waals surface area contributed by atoms with Gasteiger partial charge in [-0.05, 0) is 37.1 Å². The van der Waals surface area contributed by atoms with Gasteiger partial charge in [-0.3, -0.25) is 19.0 Å². The van der Waals surface area contributed by atoms with Gasteiger partial charge in [0.25, 0.3) is 11.5 Å². The van der Waals surface area contributed by atoms with E-state index in [2.05, 4.69) is 5.32 Å². The highest BCUT2D eigenvalue weighted by Crippen LogP contribution is 2.21. The summed E-state index contributed by atoms with van der Waals surface area (Å²) in [7, 11) is 0. The SMILES string of the molecule is Cc1cccc(NC(=O)Cn2c(=O)cc(C(=O)N3CCOCC3)c3ccccc32)c1C. The average molecular weight is 419 g/mol. The second kappa shape index (κ2) is 8.73. The highest BCUT2D eigenvalue weighted by atomic mass is 16.5. The Labute approximate surface area is 180 Å². The lowest BCUT2D eigenvalue weighted by Gasteiger charge is -2.27. The number of carbonyl (C=O) groups is 2. The number of rotatable bonds is 4. The molecule has 4 rings (SSSR count). The third kappa shape index (κ3) is 4.22. The summed E-state index contributed by atoms with van der Waals surface area (Å²) in [6, 6.07) is 14.2. The maximum atomic E-state index is 13.1. The van der Waals surface area contributed by atoms with Gasteiger partial charge < -0.3 is 15.0 Å². The number of nitrogens with one attached hydrogen (secondary N) is 1. The molecular weight excluding hydrogens is 394 g/mol. The van der Waals surface area contributed by atoms with Gasteiger partial charge in [0.15, 0.2) is 0 Å². The first-order chi connectivity index (χ1) is 15.0. The fraction of sp³-hybridized carbons (Fsp3) is 0.292. The lowest BCUT2D eigenvalue weighted by molar-refractivity contribution is -0.116. The van der Waals surface area contributed by atoms with Crippen LogP contribution in [0.5, 0.6) is 0 Å². The molecule has 0 aliphatic carbocycles. The molecule has 0 atom stereocenters. The van der Waals surface area contributed by atoms with Gasteiger partial charge >= 0.3 is 0 Å². The zero-order valence-electron chi connectivity index (χ0n) is 17.7. The number of nitrogens with zero attached hydrogens (tertiary/aromatic N) is 2. The summed E-state index contributed by atoms with van der Waals surface area (Å²) in [4.78, 5) is 40.4.